The van der Waals surface area contributed by atoms with Gasteiger partial charge in [0.05, 0.1) is 25.8 Å². The molecule has 0 radical (unpaired) electrons. The zero-order chi connectivity index (χ0) is 22.5. The zero-order valence-corrected chi connectivity index (χ0v) is 18.4. The summed E-state index contributed by atoms with van der Waals surface area (Å²) in [5.41, 5.74) is 3.01. The number of anilines is 1. The Bertz CT molecular complexity index is 980. The number of ether oxygens (including phenoxy) is 1. The summed E-state index contributed by atoms with van der Waals surface area (Å²) >= 11 is 0. The van der Waals surface area contributed by atoms with Crippen molar-refractivity contribution < 1.29 is 19.4 Å². The normalized spacial score (nSPS) is 18.7. The number of carboxylic acid groups (broad SMARTS) is 1. The van der Waals surface area contributed by atoms with Crippen LogP contribution in [0.15, 0.2) is 30.6 Å². The number of nitrogens with one attached hydrogen (secondary N) is 1. The predicted octanol–water partition coefficient (Wildman–Crippen LogP) is 3.23. The molecule has 1 saturated heterocycles. The molecule has 0 aromatic carbocycles. The average Bonchev–Trinajstić information content (AvgIpc) is 3.17. The molecule has 1 amide bonds. The van der Waals surface area contributed by atoms with Crippen molar-refractivity contribution in [3.05, 3.63) is 47.4 Å². The second-order valence-corrected chi connectivity index (χ2v) is 8.52. The number of methoxy groups -OCH3 is 1. The summed E-state index contributed by atoms with van der Waals surface area (Å²) < 4.78 is 5.23. The zero-order valence-electron chi connectivity index (χ0n) is 18.4. The number of hydrogen-bond acceptors (Lipinski definition) is 6. The van der Waals surface area contributed by atoms with E-state index in [2.05, 4.69) is 22.4 Å². The number of fused-ring (bicyclic) bond motifs is 1. The summed E-state index contributed by atoms with van der Waals surface area (Å²) in [4.78, 5) is 35.2. The van der Waals surface area contributed by atoms with E-state index in [0.717, 1.165) is 56.6 Å². The van der Waals surface area contributed by atoms with Crippen LogP contribution in [-0.4, -0.2) is 52.1 Å². The van der Waals surface area contributed by atoms with Crippen molar-refractivity contribution in [2.75, 3.05) is 25.5 Å². The summed E-state index contributed by atoms with van der Waals surface area (Å²) in [5.74, 6) is 0.550. The van der Waals surface area contributed by atoms with Gasteiger partial charge in [0.25, 0.3) is 0 Å². The lowest BCUT2D eigenvalue weighted by molar-refractivity contribution is -0.140. The number of likely N-dealkylation sites (tertiary alicyclic amines) is 1. The Labute approximate surface area is 188 Å². The molecule has 0 bridgehead atoms. The first-order valence-electron chi connectivity index (χ1n) is 11.3. The second kappa shape index (κ2) is 9.97. The summed E-state index contributed by atoms with van der Waals surface area (Å²) in [6.07, 6.45) is 8.47. The van der Waals surface area contributed by atoms with Crippen molar-refractivity contribution in [2.24, 2.45) is 5.92 Å². The largest absolute Gasteiger partial charge is 0.495 e. The number of hydrogen-bond donors (Lipinski definition) is 2. The third-order valence-corrected chi connectivity index (χ3v) is 6.39. The van der Waals surface area contributed by atoms with E-state index in [1.807, 2.05) is 0 Å². The Balaban J connectivity index is 1.38. The molecule has 2 aromatic heterocycles. The molecule has 1 unspecified atom stereocenters. The minimum atomic E-state index is -0.943. The van der Waals surface area contributed by atoms with Crippen molar-refractivity contribution in [3.8, 4) is 5.75 Å². The highest BCUT2D eigenvalue weighted by molar-refractivity contribution is 5.82. The molecule has 2 atom stereocenters. The highest BCUT2D eigenvalue weighted by Crippen LogP contribution is 2.34. The second-order valence-electron chi connectivity index (χ2n) is 8.52. The monoisotopic (exact) mass is 438 g/mol. The molecule has 2 aliphatic heterocycles. The van der Waals surface area contributed by atoms with E-state index >= 15 is 0 Å². The fourth-order valence-corrected chi connectivity index (χ4v) is 4.68. The summed E-state index contributed by atoms with van der Waals surface area (Å²) in [5, 5.41) is 12.8. The van der Waals surface area contributed by atoms with Crippen LogP contribution in [0.5, 0.6) is 5.75 Å². The number of carbonyl (C=O) groups is 2. The molecule has 2 aromatic rings. The Morgan fingerprint density at radius 1 is 1.38 bits per heavy atom. The number of aromatic nitrogens is 2. The van der Waals surface area contributed by atoms with Gasteiger partial charge in [-0.1, -0.05) is 6.07 Å². The maximum Gasteiger partial charge on any atom is 0.305 e. The number of carboxylic acids is 1. The Morgan fingerprint density at radius 3 is 3.06 bits per heavy atom. The van der Waals surface area contributed by atoms with Gasteiger partial charge in [-0.05, 0) is 61.8 Å². The minimum absolute atomic E-state index is 0.0270. The number of aryl methyl sites for hydroxylation is 2. The highest BCUT2D eigenvalue weighted by atomic mass is 16.5. The van der Waals surface area contributed by atoms with Crippen LogP contribution < -0.4 is 10.1 Å². The standard InChI is InChI=1S/C24H30N4O4/c1-32-20-12-18(14-25-15-20)21(13-22(29)30)28-11-9-17(24(28)31)4-2-6-19-8-7-16-5-3-10-26-23(16)27-19/h7-8,12,14-15,17,21H,2-6,9-11,13H2,1H3,(H,26,27)(H,29,30)/t17?,21-/m0/s1. The molecule has 8 heteroatoms. The minimum Gasteiger partial charge on any atom is -0.495 e. The number of carbonyl (C=O) groups excluding carboxylic acids is 1. The van der Waals surface area contributed by atoms with Gasteiger partial charge in [0.15, 0.2) is 0 Å². The van der Waals surface area contributed by atoms with Crippen LogP contribution in [0.2, 0.25) is 0 Å². The van der Waals surface area contributed by atoms with E-state index in [0.29, 0.717) is 17.9 Å². The average molecular weight is 439 g/mol. The van der Waals surface area contributed by atoms with Crippen LogP contribution in [0, 0.1) is 5.92 Å². The number of pyridine rings is 2. The fourth-order valence-electron chi connectivity index (χ4n) is 4.68. The maximum atomic E-state index is 13.1. The van der Waals surface area contributed by atoms with Gasteiger partial charge in [-0.25, -0.2) is 4.98 Å². The maximum absolute atomic E-state index is 13.1. The number of aliphatic carboxylic acids is 1. The van der Waals surface area contributed by atoms with Crippen LogP contribution >= 0.6 is 0 Å². The molecule has 4 rings (SSSR count). The van der Waals surface area contributed by atoms with Gasteiger partial charge in [0, 0.05) is 30.9 Å². The van der Waals surface area contributed by atoms with Crippen LogP contribution in [0.1, 0.15) is 55.0 Å². The van der Waals surface area contributed by atoms with Crippen LogP contribution in [0.4, 0.5) is 5.82 Å². The highest BCUT2D eigenvalue weighted by Gasteiger charge is 2.37. The topological polar surface area (TPSA) is 105 Å². The van der Waals surface area contributed by atoms with Crippen LogP contribution in [-0.2, 0) is 22.4 Å². The molecular formula is C24H30N4O4. The number of rotatable bonds is 9. The quantitative estimate of drug-likeness (QED) is 0.619. The summed E-state index contributed by atoms with van der Waals surface area (Å²) in [6, 6.07) is 5.47. The van der Waals surface area contributed by atoms with E-state index < -0.39 is 12.0 Å². The van der Waals surface area contributed by atoms with E-state index in [4.69, 9.17) is 9.72 Å². The Morgan fingerprint density at radius 2 is 2.25 bits per heavy atom. The first kappa shape index (κ1) is 22.0. The molecule has 2 aliphatic rings. The van der Waals surface area contributed by atoms with Gasteiger partial charge in [0.1, 0.15) is 11.6 Å². The Hall–Kier alpha value is -3.16. The fraction of sp³-hybridized carbons (Fsp3) is 0.500. The van der Waals surface area contributed by atoms with Crippen LogP contribution in [0.25, 0.3) is 0 Å². The molecule has 4 heterocycles. The van der Waals surface area contributed by atoms with Crippen molar-refractivity contribution >= 4 is 17.7 Å². The lowest BCUT2D eigenvalue weighted by Crippen LogP contribution is -2.33. The van der Waals surface area contributed by atoms with Gasteiger partial charge < -0.3 is 20.1 Å². The summed E-state index contributed by atoms with van der Waals surface area (Å²) in [6.45, 7) is 1.52. The third kappa shape index (κ3) is 5.00. The first-order valence-corrected chi connectivity index (χ1v) is 11.3. The Kier molecular flexibility index (Phi) is 6.87. The SMILES string of the molecule is COc1cncc([C@H](CC(=O)O)N2CCC(CCCc3ccc4c(n3)NCCC4)C2=O)c1. The first-order chi connectivity index (χ1) is 15.5. The molecule has 0 spiro atoms. The molecular weight excluding hydrogens is 408 g/mol. The van der Waals surface area contributed by atoms with E-state index in [1.165, 1.54) is 12.7 Å². The molecule has 1 fully saturated rings. The van der Waals surface area contributed by atoms with Gasteiger partial charge in [0.2, 0.25) is 5.91 Å². The molecule has 170 valence electrons. The number of nitrogens with zero attached hydrogens (tertiary/aromatic N) is 3. The van der Waals surface area contributed by atoms with E-state index in [9.17, 15) is 14.7 Å². The molecule has 8 nitrogen and oxygen atoms in total. The predicted molar refractivity (Wildman–Crippen MR) is 120 cm³/mol. The summed E-state index contributed by atoms with van der Waals surface area (Å²) in [7, 11) is 1.54. The van der Waals surface area contributed by atoms with Gasteiger partial charge in [-0.15, -0.1) is 0 Å². The van der Waals surface area contributed by atoms with E-state index in [-0.39, 0.29) is 18.2 Å². The molecule has 2 N–H and O–H groups in total. The van der Waals surface area contributed by atoms with E-state index in [1.54, 1.807) is 23.4 Å². The molecule has 0 aliphatic carbocycles. The van der Waals surface area contributed by atoms with Crippen molar-refractivity contribution in [1.29, 1.82) is 0 Å². The van der Waals surface area contributed by atoms with Gasteiger partial charge in [-0.3, -0.25) is 14.6 Å². The lowest BCUT2D eigenvalue weighted by Gasteiger charge is -2.27. The van der Waals surface area contributed by atoms with Crippen molar-refractivity contribution in [3.63, 3.8) is 0 Å². The van der Waals surface area contributed by atoms with Crippen molar-refractivity contribution in [2.45, 2.75) is 51.0 Å². The third-order valence-electron chi connectivity index (χ3n) is 6.39. The van der Waals surface area contributed by atoms with Gasteiger partial charge >= 0.3 is 5.97 Å². The number of amides is 1. The molecule has 32 heavy (non-hydrogen) atoms. The lowest BCUT2D eigenvalue weighted by atomic mass is 9.98. The van der Waals surface area contributed by atoms with Crippen molar-refractivity contribution in [1.82, 2.24) is 14.9 Å². The molecule has 0 saturated carbocycles. The van der Waals surface area contributed by atoms with Crippen LogP contribution in [0.3, 0.4) is 0 Å². The smallest absolute Gasteiger partial charge is 0.305 e. The van der Waals surface area contributed by atoms with Gasteiger partial charge in [-0.2, -0.15) is 0 Å².